The number of primary amides is 1. The van der Waals surface area contributed by atoms with Crippen molar-refractivity contribution < 1.29 is 9.59 Å². The predicted octanol–water partition coefficient (Wildman–Crippen LogP) is 1.58. The molecule has 0 aliphatic carbocycles. The Kier molecular flexibility index (Phi) is 4.54. The molecular formula is C14H19N3O2S. The quantitative estimate of drug-likeness (QED) is 0.860. The summed E-state index contributed by atoms with van der Waals surface area (Å²) in [6.45, 7) is 4.33. The van der Waals surface area contributed by atoms with E-state index >= 15 is 0 Å². The summed E-state index contributed by atoms with van der Waals surface area (Å²) in [7, 11) is 0. The van der Waals surface area contributed by atoms with Crippen molar-refractivity contribution in [2.24, 2.45) is 11.7 Å². The number of nitrogens with two attached hydrogens (primary N) is 1. The van der Waals surface area contributed by atoms with Crippen LogP contribution in [0.3, 0.4) is 0 Å². The second-order valence-corrected chi connectivity index (χ2v) is 6.20. The molecule has 1 fully saturated rings. The molecule has 2 atom stereocenters. The number of piperidine rings is 1. The van der Waals surface area contributed by atoms with Gasteiger partial charge in [-0.05, 0) is 32.8 Å². The molecule has 108 valence electrons. The summed E-state index contributed by atoms with van der Waals surface area (Å²) in [5.74, 6) is -0.645. The van der Waals surface area contributed by atoms with E-state index < -0.39 is 0 Å². The number of hydrogen-bond acceptors (Lipinski definition) is 4. The summed E-state index contributed by atoms with van der Waals surface area (Å²) in [5, 5.41) is 2.88. The van der Waals surface area contributed by atoms with Crippen molar-refractivity contribution in [1.29, 1.82) is 0 Å². The van der Waals surface area contributed by atoms with Gasteiger partial charge in [-0.3, -0.25) is 9.59 Å². The lowest BCUT2D eigenvalue weighted by Gasteiger charge is -2.36. The maximum Gasteiger partial charge on any atom is 0.246 e. The first-order valence-corrected chi connectivity index (χ1v) is 7.55. The molecule has 1 saturated heterocycles. The second-order valence-electron chi connectivity index (χ2n) is 5.14. The molecule has 0 spiro atoms. The molecule has 0 aromatic carbocycles. The van der Waals surface area contributed by atoms with Crippen LogP contribution in [0.1, 0.15) is 30.5 Å². The van der Waals surface area contributed by atoms with E-state index in [0.29, 0.717) is 6.54 Å². The number of rotatable bonds is 3. The maximum absolute atomic E-state index is 12.2. The van der Waals surface area contributed by atoms with E-state index in [2.05, 4.69) is 4.98 Å². The lowest BCUT2D eigenvalue weighted by atomic mass is 9.93. The van der Waals surface area contributed by atoms with Gasteiger partial charge in [0.1, 0.15) is 0 Å². The van der Waals surface area contributed by atoms with Gasteiger partial charge >= 0.3 is 0 Å². The van der Waals surface area contributed by atoms with E-state index in [1.165, 1.54) is 6.08 Å². The molecule has 1 aliphatic heterocycles. The van der Waals surface area contributed by atoms with Gasteiger partial charge in [0, 0.05) is 24.0 Å². The summed E-state index contributed by atoms with van der Waals surface area (Å²) >= 11 is 1.55. The Morgan fingerprint density at radius 1 is 1.50 bits per heavy atom. The van der Waals surface area contributed by atoms with Gasteiger partial charge in [0.05, 0.1) is 16.6 Å². The van der Waals surface area contributed by atoms with Gasteiger partial charge in [-0.1, -0.05) is 0 Å². The third-order valence-electron chi connectivity index (χ3n) is 3.60. The Hall–Kier alpha value is -1.69. The van der Waals surface area contributed by atoms with Crippen LogP contribution in [0, 0.1) is 12.8 Å². The third-order valence-corrected chi connectivity index (χ3v) is 4.39. The van der Waals surface area contributed by atoms with Crippen LogP contribution < -0.4 is 5.73 Å². The van der Waals surface area contributed by atoms with Gasteiger partial charge in [-0.2, -0.15) is 0 Å². The Balaban J connectivity index is 2.03. The number of carbonyl (C=O) groups is 2. The number of thiazole rings is 1. The number of aryl methyl sites for hydroxylation is 1. The van der Waals surface area contributed by atoms with Gasteiger partial charge < -0.3 is 10.6 Å². The van der Waals surface area contributed by atoms with Gasteiger partial charge in [-0.15, -0.1) is 11.3 Å². The number of hydrogen-bond donors (Lipinski definition) is 1. The van der Waals surface area contributed by atoms with Crippen molar-refractivity contribution >= 4 is 29.2 Å². The average molecular weight is 293 g/mol. The fourth-order valence-corrected chi connectivity index (χ4v) is 2.94. The first kappa shape index (κ1) is 14.7. The van der Waals surface area contributed by atoms with Crippen LogP contribution in [0.15, 0.2) is 11.5 Å². The minimum absolute atomic E-state index is 0.0888. The molecule has 2 amide bonds. The van der Waals surface area contributed by atoms with E-state index in [4.69, 9.17) is 5.73 Å². The molecule has 1 aromatic rings. The number of carbonyl (C=O) groups excluding carboxylic acids is 2. The SMILES string of the molecule is Cc1nc(/C=C\C(=O)N2C[C@H](C(N)=O)CC[C@H]2C)cs1. The van der Waals surface area contributed by atoms with Gasteiger partial charge in [-0.25, -0.2) is 4.98 Å². The summed E-state index contributed by atoms with van der Waals surface area (Å²) in [4.78, 5) is 29.5. The zero-order chi connectivity index (χ0) is 14.7. The summed E-state index contributed by atoms with van der Waals surface area (Å²) < 4.78 is 0. The highest BCUT2D eigenvalue weighted by Crippen LogP contribution is 2.22. The normalized spacial score (nSPS) is 23.2. The average Bonchev–Trinajstić information content (AvgIpc) is 2.82. The van der Waals surface area contributed by atoms with Crippen molar-refractivity contribution in [3.8, 4) is 0 Å². The lowest BCUT2D eigenvalue weighted by Crippen LogP contribution is -2.48. The molecule has 20 heavy (non-hydrogen) atoms. The summed E-state index contributed by atoms with van der Waals surface area (Å²) in [6.07, 6.45) is 4.80. The number of nitrogens with zero attached hydrogens (tertiary/aromatic N) is 2. The number of amides is 2. The molecule has 2 heterocycles. The van der Waals surface area contributed by atoms with Crippen LogP contribution in [0.2, 0.25) is 0 Å². The zero-order valence-corrected chi connectivity index (χ0v) is 12.5. The van der Waals surface area contributed by atoms with Gasteiger partial charge in [0.2, 0.25) is 11.8 Å². The van der Waals surface area contributed by atoms with Crippen LogP contribution in [-0.4, -0.2) is 34.3 Å². The predicted molar refractivity (Wildman–Crippen MR) is 79.0 cm³/mol. The fourth-order valence-electron chi connectivity index (χ4n) is 2.36. The van der Waals surface area contributed by atoms with E-state index in [0.717, 1.165) is 23.5 Å². The van der Waals surface area contributed by atoms with Crippen LogP contribution in [0.4, 0.5) is 0 Å². The van der Waals surface area contributed by atoms with Gasteiger partial charge in [0.25, 0.3) is 0 Å². The van der Waals surface area contributed by atoms with Gasteiger partial charge in [0.15, 0.2) is 0 Å². The van der Waals surface area contributed by atoms with Crippen molar-refractivity contribution in [3.63, 3.8) is 0 Å². The lowest BCUT2D eigenvalue weighted by molar-refractivity contribution is -0.133. The van der Waals surface area contributed by atoms with Crippen molar-refractivity contribution in [3.05, 3.63) is 22.2 Å². The first-order valence-electron chi connectivity index (χ1n) is 6.67. The highest BCUT2D eigenvalue weighted by Gasteiger charge is 2.30. The monoisotopic (exact) mass is 293 g/mol. The van der Waals surface area contributed by atoms with E-state index in [1.54, 1.807) is 22.3 Å². The molecule has 6 heteroatoms. The highest BCUT2D eigenvalue weighted by molar-refractivity contribution is 7.09. The summed E-state index contributed by atoms with van der Waals surface area (Å²) in [6, 6.07) is 0.139. The Morgan fingerprint density at radius 3 is 2.85 bits per heavy atom. The molecule has 0 bridgehead atoms. The fraction of sp³-hybridized carbons (Fsp3) is 0.500. The van der Waals surface area contributed by atoms with Crippen molar-refractivity contribution in [2.75, 3.05) is 6.54 Å². The Bertz CT molecular complexity index is 538. The minimum atomic E-state index is -0.325. The second kappa shape index (κ2) is 6.17. The number of aromatic nitrogens is 1. The Morgan fingerprint density at radius 2 is 2.25 bits per heavy atom. The molecule has 0 saturated carbocycles. The van der Waals surface area contributed by atoms with E-state index in [9.17, 15) is 9.59 Å². The first-order chi connectivity index (χ1) is 9.47. The van der Waals surface area contributed by atoms with Crippen molar-refractivity contribution in [1.82, 2.24) is 9.88 Å². The highest BCUT2D eigenvalue weighted by atomic mass is 32.1. The molecule has 5 nitrogen and oxygen atoms in total. The smallest absolute Gasteiger partial charge is 0.246 e. The molecule has 1 aromatic heterocycles. The van der Waals surface area contributed by atoms with E-state index in [1.807, 2.05) is 19.2 Å². The molecule has 0 unspecified atom stereocenters. The van der Waals surface area contributed by atoms with Crippen molar-refractivity contribution in [2.45, 2.75) is 32.7 Å². The standard InChI is InChI=1S/C14H19N3O2S/c1-9-3-4-11(14(15)19)7-17(9)13(18)6-5-12-8-20-10(2)16-12/h5-6,8-9,11H,3-4,7H2,1-2H3,(H2,15,19)/b6-5-/t9-,11-/m1/s1. The zero-order valence-electron chi connectivity index (χ0n) is 11.7. The van der Waals surface area contributed by atoms with Crippen LogP contribution in [0.25, 0.3) is 6.08 Å². The summed E-state index contributed by atoms with van der Waals surface area (Å²) in [5.41, 5.74) is 6.13. The molecule has 2 rings (SSSR count). The van der Waals surface area contributed by atoms with Crippen LogP contribution in [0.5, 0.6) is 0 Å². The Labute approximate surface area is 122 Å². The molecular weight excluding hydrogens is 274 g/mol. The molecule has 0 radical (unpaired) electrons. The number of likely N-dealkylation sites (tertiary alicyclic amines) is 1. The van der Waals surface area contributed by atoms with Crippen LogP contribution in [-0.2, 0) is 9.59 Å². The van der Waals surface area contributed by atoms with Crippen LogP contribution >= 0.6 is 11.3 Å². The molecule has 1 aliphatic rings. The topological polar surface area (TPSA) is 76.3 Å². The third kappa shape index (κ3) is 3.45. The maximum atomic E-state index is 12.2. The minimum Gasteiger partial charge on any atom is -0.369 e. The largest absolute Gasteiger partial charge is 0.369 e. The van der Waals surface area contributed by atoms with E-state index in [-0.39, 0.29) is 23.8 Å². The molecule has 2 N–H and O–H groups in total.